The molecule has 2 aliphatic heterocycles. The first-order chi connectivity index (χ1) is 11.6. The molecule has 1 aromatic carbocycles. The van der Waals surface area contributed by atoms with Crippen LogP contribution in [0, 0.1) is 5.92 Å². The third-order valence-electron chi connectivity index (χ3n) is 4.52. The van der Waals surface area contributed by atoms with Crippen LogP contribution in [0.4, 0.5) is 13.2 Å². The van der Waals surface area contributed by atoms with E-state index in [1.54, 1.807) is 7.05 Å². The second-order valence-corrected chi connectivity index (χ2v) is 8.06. The lowest BCUT2D eigenvalue weighted by Crippen LogP contribution is -2.45. The fraction of sp³-hybridized carbons (Fsp3) is 0.533. The van der Waals surface area contributed by atoms with Crippen molar-refractivity contribution in [2.45, 2.75) is 17.1 Å². The minimum atomic E-state index is -4.79. The lowest BCUT2D eigenvalue weighted by Gasteiger charge is -2.29. The van der Waals surface area contributed by atoms with Crippen LogP contribution in [-0.4, -0.2) is 62.9 Å². The molecule has 0 aromatic heterocycles. The highest BCUT2D eigenvalue weighted by Gasteiger charge is 2.44. The number of hydrogen-bond acceptors (Lipinski definition) is 4. The van der Waals surface area contributed by atoms with Crippen molar-refractivity contribution in [1.29, 1.82) is 0 Å². The zero-order valence-electron chi connectivity index (χ0n) is 13.4. The largest absolute Gasteiger partial charge is 0.417 e. The van der Waals surface area contributed by atoms with Gasteiger partial charge in [0.25, 0.3) is 0 Å². The number of likely N-dealkylation sites (N-methyl/N-ethyl adjacent to an activating group) is 1. The topological polar surface area (TPSA) is 66.9 Å². The average Bonchev–Trinajstić information content (AvgIpc) is 2.72. The molecule has 2 fully saturated rings. The van der Waals surface area contributed by atoms with Crippen LogP contribution in [0.2, 0.25) is 0 Å². The van der Waals surface area contributed by atoms with Gasteiger partial charge in [0.05, 0.1) is 35.6 Å². The number of rotatable bonds is 2. The summed E-state index contributed by atoms with van der Waals surface area (Å²) >= 11 is 0. The van der Waals surface area contributed by atoms with Crippen LogP contribution in [-0.2, 0) is 25.7 Å². The Morgan fingerprint density at radius 3 is 2.52 bits per heavy atom. The van der Waals surface area contributed by atoms with Gasteiger partial charge >= 0.3 is 6.18 Å². The number of sulfonamides is 1. The second kappa shape index (κ2) is 6.26. The maximum absolute atomic E-state index is 13.2. The van der Waals surface area contributed by atoms with Gasteiger partial charge in [0.1, 0.15) is 0 Å². The molecular formula is C15H17F3N2O4S. The summed E-state index contributed by atoms with van der Waals surface area (Å²) in [4.78, 5) is 12.9. The third kappa shape index (κ3) is 3.25. The monoisotopic (exact) mass is 378 g/mol. The SMILES string of the molecule is CN1C(=O)[C@H]2COC[C@@H]1CN(S(=O)(=O)c1ccccc1C(F)(F)F)C2. The van der Waals surface area contributed by atoms with Crippen LogP contribution in [0.5, 0.6) is 0 Å². The summed E-state index contributed by atoms with van der Waals surface area (Å²) < 4.78 is 71.8. The van der Waals surface area contributed by atoms with Gasteiger partial charge < -0.3 is 9.64 Å². The minimum Gasteiger partial charge on any atom is -0.378 e. The van der Waals surface area contributed by atoms with Gasteiger partial charge in [-0.2, -0.15) is 17.5 Å². The lowest BCUT2D eigenvalue weighted by molar-refractivity contribution is -0.140. The summed E-state index contributed by atoms with van der Waals surface area (Å²) in [5.41, 5.74) is -1.21. The Kier molecular flexibility index (Phi) is 4.54. The summed E-state index contributed by atoms with van der Waals surface area (Å²) in [6.07, 6.45) is -4.79. The van der Waals surface area contributed by atoms with Crippen LogP contribution >= 0.6 is 0 Å². The number of fused-ring (bicyclic) bond motifs is 3. The van der Waals surface area contributed by atoms with Gasteiger partial charge in [0, 0.05) is 20.1 Å². The Bertz CT molecular complexity index is 781. The Morgan fingerprint density at radius 1 is 1.16 bits per heavy atom. The fourth-order valence-corrected chi connectivity index (χ4v) is 4.85. The molecule has 2 bridgehead atoms. The second-order valence-electron chi connectivity index (χ2n) is 6.15. The fourth-order valence-electron chi connectivity index (χ4n) is 3.12. The Morgan fingerprint density at radius 2 is 1.84 bits per heavy atom. The highest BCUT2D eigenvalue weighted by molar-refractivity contribution is 7.89. The van der Waals surface area contributed by atoms with E-state index < -0.39 is 38.6 Å². The molecule has 0 aliphatic carbocycles. The van der Waals surface area contributed by atoms with E-state index in [9.17, 15) is 26.4 Å². The number of ether oxygens (including phenoxy) is 1. The van der Waals surface area contributed by atoms with E-state index in [4.69, 9.17) is 4.74 Å². The summed E-state index contributed by atoms with van der Waals surface area (Å²) in [5.74, 6) is -0.991. The molecule has 2 saturated heterocycles. The summed E-state index contributed by atoms with van der Waals surface area (Å²) in [6.45, 7) is -0.111. The minimum absolute atomic E-state index is 0.0482. The first-order valence-electron chi connectivity index (χ1n) is 7.63. The van der Waals surface area contributed by atoms with E-state index in [2.05, 4.69) is 0 Å². The Balaban J connectivity index is 2.03. The van der Waals surface area contributed by atoms with Crippen molar-refractivity contribution in [3.63, 3.8) is 0 Å². The molecule has 0 unspecified atom stereocenters. The van der Waals surface area contributed by atoms with Crippen molar-refractivity contribution >= 4 is 15.9 Å². The number of benzene rings is 1. The molecule has 0 N–H and O–H groups in total. The smallest absolute Gasteiger partial charge is 0.378 e. The van der Waals surface area contributed by atoms with E-state index in [-0.39, 0.29) is 32.2 Å². The van der Waals surface area contributed by atoms with E-state index in [0.717, 1.165) is 22.5 Å². The molecule has 2 heterocycles. The molecule has 2 atom stereocenters. The maximum atomic E-state index is 13.2. The Hall–Kier alpha value is -1.65. The van der Waals surface area contributed by atoms with Crippen molar-refractivity contribution in [1.82, 2.24) is 9.21 Å². The van der Waals surface area contributed by atoms with Gasteiger partial charge in [-0.25, -0.2) is 8.42 Å². The summed E-state index contributed by atoms with van der Waals surface area (Å²) in [6, 6.07) is 3.55. The molecule has 3 rings (SSSR count). The highest BCUT2D eigenvalue weighted by Crippen LogP contribution is 2.36. The quantitative estimate of drug-likeness (QED) is 0.775. The molecule has 0 spiro atoms. The number of hydrogen-bond donors (Lipinski definition) is 0. The van der Waals surface area contributed by atoms with Crippen molar-refractivity contribution in [3.05, 3.63) is 29.8 Å². The normalized spacial score (nSPS) is 25.8. The van der Waals surface area contributed by atoms with E-state index in [1.807, 2.05) is 0 Å². The predicted octanol–water partition coefficient (Wildman–Crippen LogP) is 1.18. The van der Waals surface area contributed by atoms with Crippen LogP contribution in [0.1, 0.15) is 5.56 Å². The van der Waals surface area contributed by atoms with E-state index in [0.29, 0.717) is 0 Å². The zero-order chi connectivity index (χ0) is 18.4. The summed E-state index contributed by atoms with van der Waals surface area (Å²) in [7, 11) is -2.86. The molecular weight excluding hydrogens is 361 g/mol. The number of alkyl halides is 3. The highest BCUT2D eigenvalue weighted by atomic mass is 32.2. The molecule has 0 radical (unpaired) electrons. The number of halogens is 3. The molecule has 1 aromatic rings. The van der Waals surface area contributed by atoms with Crippen molar-refractivity contribution in [3.8, 4) is 0 Å². The first-order valence-corrected chi connectivity index (χ1v) is 9.07. The number of carbonyl (C=O) groups excluding carboxylic acids is 1. The van der Waals surface area contributed by atoms with Gasteiger partial charge in [-0.3, -0.25) is 4.79 Å². The van der Waals surface area contributed by atoms with Gasteiger partial charge in [0.15, 0.2) is 0 Å². The maximum Gasteiger partial charge on any atom is 0.417 e. The van der Waals surface area contributed by atoms with Crippen LogP contribution in [0.15, 0.2) is 29.2 Å². The van der Waals surface area contributed by atoms with Crippen molar-refractivity contribution in [2.75, 3.05) is 33.4 Å². The van der Waals surface area contributed by atoms with Gasteiger partial charge in [-0.1, -0.05) is 12.1 Å². The van der Waals surface area contributed by atoms with Gasteiger partial charge in [-0.05, 0) is 12.1 Å². The lowest BCUT2D eigenvalue weighted by atomic mass is 10.1. The number of amides is 1. The number of nitrogens with zero attached hydrogens (tertiary/aromatic N) is 2. The molecule has 2 aliphatic rings. The molecule has 25 heavy (non-hydrogen) atoms. The first kappa shape index (κ1) is 18.2. The van der Waals surface area contributed by atoms with Gasteiger partial charge in [0.2, 0.25) is 15.9 Å². The third-order valence-corrected chi connectivity index (χ3v) is 6.41. The molecule has 1 amide bonds. The van der Waals surface area contributed by atoms with Crippen molar-refractivity contribution < 1.29 is 31.1 Å². The molecule has 0 saturated carbocycles. The van der Waals surface area contributed by atoms with E-state index in [1.165, 1.54) is 11.0 Å². The molecule has 10 heteroatoms. The number of carbonyl (C=O) groups is 1. The van der Waals surface area contributed by atoms with E-state index >= 15 is 0 Å². The Labute approximate surface area is 143 Å². The predicted molar refractivity (Wildman–Crippen MR) is 81.1 cm³/mol. The average molecular weight is 378 g/mol. The van der Waals surface area contributed by atoms with Gasteiger partial charge in [-0.15, -0.1) is 0 Å². The summed E-state index contributed by atoms with van der Waals surface area (Å²) in [5, 5.41) is 0. The van der Waals surface area contributed by atoms with Crippen LogP contribution in [0.3, 0.4) is 0 Å². The zero-order valence-corrected chi connectivity index (χ0v) is 14.2. The van der Waals surface area contributed by atoms with Crippen molar-refractivity contribution in [2.24, 2.45) is 5.92 Å². The molecule has 138 valence electrons. The molecule has 6 nitrogen and oxygen atoms in total. The van der Waals surface area contributed by atoms with Crippen LogP contribution in [0.25, 0.3) is 0 Å². The van der Waals surface area contributed by atoms with Crippen LogP contribution < -0.4 is 0 Å². The standard InChI is InChI=1S/C15H17F3N2O4S/c1-19-11-7-20(6-10(14(19)21)8-24-9-11)25(22,23)13-5-3-2-4-12(13)15(16,17)18/h2-5,10-11H,6-9H2,1H3/t10-,11+/m1/s1.